The maximum atomic E-state index is 5.71. The Labute approximate surface area is 106 Å². The largest absolute Gasteiger partial charge is 0.399 e. The second kappa shape index (κ2) is 4.49. The first-order chi connectivity index (χ1) is 8.33. The van der Waals surface area contributed by atoms with Crippen LogP contribution in [0.25, 0.3) is 10.6 Å². The summed E-state index contributed by atoms with van der Waals surface area (Å²) < 4.78 is 0. The van der Waals surface area contributed by atoms with Crippen LogP contribution < -0.4 is 5.73 Å². The van der Waals surface area contributed by atoms with Crippen molar-refractivity contribution < 1.29 is 0 Å². The predicted molar refractivity (Wildman–Crippen MR) is 73.2 cm³/mol. The second-order valence-electron chi connectivity index (χ2n) is 4.57. The molecule has 3 heteroatoms. The highest BCUT2D eigenvalue weighted by Gasteiger charge is 2.14. The average molecular weight is 244 g/mol. The molecular formula is C14H16N2S. The maximum Gasteiger partial charge on any atom is 0.123 e. The number of anilines is 1. The third kappa shape index (κ3) is 2.20. The lowest BCUT2D eigenvalue weighted by Crippen LogP contribution is -1.87. The molecule has 0 bridgehead atoms. The van der Waals surface area contributed by atoms with Gasteiger partial charge >= 0.3 is 0 Å². The van der Waals surface area contributed by atoms with Crippen molar-refractivity contribution in [1.29, 1.82) is 0 Å². The van der Waals surface area contributed by atoms with E-state index in [1.165, 1.54) is 41.8 Å². The summed E-state index contributed by atoms with van der Waals surface area (Å²) in [4.78, 5) is 6.28. The second-order valence-corrected chi connectivity index (χ2v) is 5.66. The topological polar surface area (TPSA) is 38.9 Å². The molecule has 1 heterocycles. The SMILES string of the molecule is Nc1ccc(-c2nc3c(s2)CCCCC3)cc1. The summed E-state index contributed by atoms with van der Waals surface area (Å²) in [5, 5.41) is 1.15. The minimum atomic E-state index is 0.812. The van der Waals surface area contributed by atoms with Crippen LogP contribution in [0.5, 0.6) is 0 Å². The Bertz CT molecular complexity index is 490. The molecule has 1 aromatic heterocycles. The van der Waals surface area contributed by atoms with Gasteiger partial charge < -0.3 is 5.73 Å². The summed E-state index contributed by atoms with van der Waals surface area (Å²) >= 11 is 1.86. The van der Waals surface area contributed by atoms with Crippen molar-refractivity contribution in [3.05, 3.63) is 34.8 Å². The van der Waals surface area contributed by atoms with E-state index in [-0.39, 0.29) is 0 Å². The Balaban J connectivity index is 1.96. The molecular weight excluding hydrogens is 228 g/mol. The number of fused-ring (bicyclic) bond motifs is 1. The number of nitrogens with two attached hydrogens (primary N) is 1. The summed E-state index contributed by atoms with van der Waals surface area (Å²) in [7, 11) is 0. The first kappa shape index (κ1) is 10.8. The Kier molecular flexibility index (Phi) is 2.85. The number of rotatable bonds is 1. The number of hydrogen-bond donors (Lipinski definition) is 1. The molecule has 2 nitrogen and oxygen atoms in total. The van der Waals surface area contributed by atoms with Gasteiger partial charge in [0.1, 0.15) is 5.01 Å². The lowest BCUT2D eigenvalue weighted by atomic mass is 10.2. The molecule has 0 atom stereocenters. The highest BCUT2D eigenvalue weighted by Crippen LogP contribution is 2.32. The van der Waals surface area contributed by atoms with E-state index >= 15 is 0 Å². The van der Waals surface area contributed by atoms with Crippen LogP contribution in [0, 0.1) is 0 Å². The van der Waals surface area contributed by atoms with Gasteiger partial charge in [-0.25, -0.2) is 4.98 Å². The van der Waals surface area contributed by atoms with Gasteiger partial charge in [0.05, 0.1) is 5.69 Å². The fourth-order valence-electron chi connectivity index (χ4n) is 2.28. The van der Waals surface area contributed by atoms with Crippen molar-refractivity contribution in [1.82, 2.24) is 4.98 Å². The van der Waals surface area contributed by atoms with E-state index in [0.717, 1.165) is 17.1 Å². The fourth-order valence-corrected chi connectivity index (χ4v) is 3.43. The summed E-state index contributed by atoms with van der Waals surface area (Å²) in [6.07, 6.45) is 6.32. The van der Waals surface area contributed by atoms with Gasteiger partial charge in [-0.3, -0.25) is 0 Å². The van der Waals surface area contributed by atoms with E-state index in [1.54, 1.807) is 0 Å². The quantitative estimate of drug-likeness (QED) is 0.614. The molecule has 0 radical (unpaired) electrons. The molecule has 88 valence electrons. The molecule has 0 saturated heterocycles. The van der Waals surface area contributed by atoms with Gasteiger partial charge in [0, 0.05) is 16.1 Å². The van der Waals surface area contributed by atoms with Gasteiger partial charge in [0.15, 0.2) is 0 Å². The van der Waals surface area contributed by atoms with E-state index in [4.69, 9.17) is 10.7 Å². The van der Waals surface area contributed by atoms with Gasteiger partial charge in [-0.2, -0.15) is 0 Å². The van der Waals surface area contributed by atoms with E-state index in [2.05, 4.69) is 12.1 Å². The average Bonchev–Trinajstić information content (AvgIpc) is 2.62. The molecule has 1 aromatic carbocycles. The zero-order chi connectivity index (χ0) is 11.7. The molecule has 0 spiro atoms. The smallest absolute Gasteiger partial charge is 0.123 e. The standard InChI is InChI=1S/C14H16N2S/c15-11-8-6-10(7-9-11)14-16-12-4-2-1-3-5-13(12)17-14/h6-9H,1-5,15H2. The number of nitrogen functional groups attached to an aromatic ring is 1. The molecule has 3 rings (SSSR count). The Morgan fingerprint density at radius 3 is 2.59 bits per heavy atom. The molecule has 0 saturated carbocycles. The zero-order valence-corrected chi connectivity index (χ0v) is 10.6. The molecule has 1 aliphatic rings. The number of aryl methyl sites for hydroxylation is 2. The van der Waals surface area contributed by atoms with E-state index in [0.29, 0.717) is 0 Å². The lowest BCUT2D eigenvalue weighted by Gasteiger charge is -1.97. The van der Waals surface area contributed by atoms with Gasteiger partial charge in [-0.1, -0.05) is 6.42 Å². The van der Waals surface area contributed by atoms with Crippen LogP contribution in [-0.4, -0.2) is 4.98 Å². The molecule has 0 unspecified atom stereocenters. The number of benzene rings is 1. The first-order valence-electron chi connectivity index (χ1n) is 6.17. The van der Waals surface area contributed by atoms with Crippen LogP contribution in [-0.2, 0) is 12.8 Å². The molecule has 1 aliphatic carbocycles. The number of hydrogen-bond acceptors (Lipinski definition) is 3. The zero-order valence-electron chi connectivity index (χ0n) is 9.78. The normalized spacial score (nSPS) is 15.3. The van der Waals surface area contributed by atoms with Gasteiger partial charge in [-0.15, -0.1) is 11.3 Å². The van der Waals surface area contributed by atoms with Crippen molar-refractivity contribution in [2.24, 2.45) is 0 Å². The maximum absolute atomic E-state index is 5.71. The highest BCUT2D eigenvalue weighted by molar-refractivity contribution is 7.15. The molecule has 17 heavy (non-hydrogen) atoms. The number of thiazole rings is 1. The van der Waals surface area contributed by atoms with Crippen LogP contribution in [0.15, 0.2) is 24.3 Å². The van der Waals surface area contributed by atoms with Crippen LogP contribution in [0.1, 0.15) is 29.8 Å². The minimum Gasteiger partial charge on any atom is -0.399 e. The van der Waals surface area contributed by atoms with Crippen LogP contribution in [0.4, 0.5) is 5.69 Å². The Morgan fingerprint density at radius 1 is 1.00 bits per heavy atom. The van der Waals surface area contributed by atoms with Crippen molar-refractivity contribution in [2.75, 3.05) is 5.73 Å². The van der Waals surface area contributed by atoms with Gasteiger partial charge in [0.2, 0.25) is 0 Å². The number of aromatic nitrogens is 1. The Morgan fingerprint density at radius 2 is 1.76 bits per heavy atom. The van der Waals surface area contributed by atoms with Crippen molar-refractivity contribution in [3.8, 4) is 10.6 Å². The summed E-state index contributed by atoms with van der Waals surface area (Å²) in [5.74, 6) is 0. The third-order valence-electron chi connectivity index (χ3n) is 3.25. The monoisotopic (exact) mass is 244 g/mol. The first-order valence-corrected chi connectivity index (χ1v) is 6.99. The van der Waals surface area contributed by atoms with Crippen LogP contribution in [0.3, 0.4) is 0 Å². The Hall–Kier alpha value is -1.35. The summed E-state index contributed by atoms with van der Waals surface area (Å²) in [6, 6.07) is 8.02. The lowest BCUT2D eigenvalue weighted by molar-refractivity contribution is 0.709. The van der Waals surface area contributed by atoms with Gasteiger partial charge in [0.25, 0.3) is 0 Å². The number of nitrogens with zero attached hydrogens (tertiary/aromatic N) is 1. The molecule has 2 N–H and O–H groups in total. The molecule has 2 aromatic rings. The van der Waals surface area contributed by atoms with Crippen molar-refractivity contribution in [3.63, 3.8) is 0 Å². The molecule has 0 amide bonds. The predicted octanol–water partition coefficient (Wildman–Crippen LogP) is 3.66. The van der Waals surface area contributed by atoms with Crippen molar-refractivity contribution in [2.45, 2.75) is 32.1 Å². The summed E-state index contributed by atoms with van der Waals surface area (Å²) in [5.41, 5.74) is 9.04. The molecule has 0 fully saturated rings. The fraction of sp³-hybridized carbons (Fsp3) is 0.357. The van der Waals surface area contributed by atoms with Crippen LogP contribution in [0.2, 0.25) is 0 Å². The minimum absolute atomic E-state index is 0.812. The summed E-state index contributed by atoms with van der Waals surface area (Å²) in [6.45, 7) is 0. The van der Waals surface area contributed by atoms with Crippen molar-refractivity contribution >= 4 is 17.0 Å². The third-order valence-corrected chi connectivity index (χ3v) is 4.46. The van der Waals surface area contributed by atoms with E-state index in [9.17, 15) is 0 Å². The van der Waals surface area contributed by atoms with E-state index < -0.39 is 0 Å². The molecule has 0 aliphatic heterocycles. The highest BCUT2D eigenvalue weighted by atomic mass is 32.1. The van der Waals surface area contributed by atoms with E-state index in [1.807, 2.05) is 23.5 Å². The van der Waals surface area contributed by atoms with Crippen LogP contribution >= 0.6 is 11.3 Å². The van der Waals surface area contributed by atoms with Gasteiger partial charge in [-0.05, 0) is 49.9 Å².